The minimum Gasteiger partial charge on any atom is -0.456 e. The Morgan fingerprint density at radius 2 is 0.929 bits per heavy atom. The van der Waals surface area contributed by atoms with Crippen molar-refractivity contribution >= 4 is 78.6 Å². The van der Waals surface area contributed by atoms with Crippen LogP contribution in [-0.4, -0.2) is 8.07 Å². The Kier molecular flexibility index (Phi) is 8.99. The van der Waals surface area contributed by atoms with E-state index >= 15 is 0 Å². The Hall–Kier alpha value is -8.50. The lowest BCUT2D eigenvalue weighted by atomic mass is 9.82. The number of furan rings is 1. The summed E-state index contributed by atoms with van der Waals surface area (Å²) >= 11 is 0. The molecular formula is C67H47NOSi. The van der Waals surface area contributed by atoms with Gasteiger partial charge in [0.25, 0.3) is 0 Å². The van der Waals surface area contributed by atoms with Gasteiger partial charge in [0.15, 0.2) is 8.07 Å². The van der Waals surface area contributed by atoms with Crippen molar-refractivity contribution in [1.82, 2.24) is 0 Å². The van der Waals surface area contributed by atoms with E-state index in [0.29, 0.717) is 0 Å². The molecule has 12 aromatic rings. The SMILES string of the molecule is CC1(C)c2ccccc2-c2ccc(N(c3ccc(-c4cccc5ccccc45)cc3)c3ccc4oc5cc(-c6cccc([Si]7(c8ccccc8)c8ccccc8-c8ccccc87)c6)ccc5c4c3)cc21. The molecule has 330 valence electrons. The summed E-state index contributed by atoms with van der Waals surface area (Å²) in [6.07, 6.45) is 0. The van der Waals surface area contributed by atoms with Crippen LogP contribution in [0, 0.1) is 0 Å². The zero-order valence-corrected chi connectivity index (χ0v) is 40.0. The molecule has 0 saturated carbocycles. The topological polar surface area (TPSA) is 16.4 Å². The van der Waals surface area contributed by atoms with Gasteiger partial charge in [-0.25, -0.2) is 0 Å². The molecule has 0 atom stereocenters. The highest BCUT2D eigenvalue weighted by molar-refractivity contribution is 7.22. The second-order valence-corrected chi connectivity index (χ2v) is 23.3. The van der Waals surface area contributed by atoms with E-state index in [1.165, 1.54) is 81.6 Å². The highest BCUT2D eigenvalue weighted by Crippen LogP contribution is 2.51. The van der Waals surface area contributed by atoms with E-state index in [1.54, 1.807) is 0 Å². The van der Waals surface area contributed by atoms with Crippen molar-refractivity contribution in [3.05, 3.63) is 260 Å². The molecule has 70 heavy (non-hydrogen) atoms. The average molecular weight is 910 g/mol. The number of rotatable bonds is 7. The van der Waals surface area contributed by atoms with Gasteiger partial charge in [0.05, 0.1) is 0 Å². The maximum atomic E-state index is 6.79. The van der Waals surface area contributed by atoms with E-state index < -0.39 is 8.07 Å². The summed E-state index contributed by atoms with van der Waals surface area (Å²) in [5.41, 5.74) is 17.7. The van der Waals surface area contributed by atoms with Crippen molar-refractivity contribution in [1.29, 1.82) is 0 Å². The van der Waals surface area contributed by atoms with E-state index in [4.69, 9.17) is 4.42 Å². The van der Waals surface area contributed by atoms with Crippen LogP contribution >= 0.6 is 0 Å². The van der Waals surface area contributed by atoms with E-state index in [0.717, 1.165) is 44.6 Å². The van der Waals surface area contributed by atoms with Gasteiger partial charge < -0.3 is 9.32 Å². The van der Waals surface area contributed by atoms with Gasteiger partial charge in [-0.05, 0) is 142 Å². The molecule has 0 spiro atoms. The van der Waals surface area contributed by atoms with Gasteiger partial charge in [0.1, 0.15) is 11.2 Å². The Morgan fingerprint density at radius 1 is 0.343 bits per heavy atom. The first-order valence-electron chi connectivity index (χ1n) is 24.4. The predicted octanol–water partition coefficient (Wildman–Crippen LogP) is 15.2. The molecule has 0 bridgehead atoms. The summed E-state index contributed by atoms with van der Waals surface area (Å²) in [5.74, 6) is 0. The number of hydrogen-bond acceptors (Lipinski definition) is 2. The fourth-order valence-electron chi connectivity index (χ4n) is 12.3. The first-order valence-corrected chi connectivity index (χ1v) is 26.4. The second kappa shape index (κ2) is 15.5. The van der Waals surface area contributed by atoms with Gasteiger partial charge in [-0.15, -0.1) is 0 Å². The fraction of sp³-hybridized carbons (Fsp3) is 0.0448. The molecule has 1 aliphatic heterocycles. The molecule has 1 aromatic heterocycles. The van der Waals surface area contributed by atoms with Gasteiger partial charge in [-0.1, -0.05) is 208 Å². The van der Waals surface area contributed by atoms with Crippen molar-refractivity contribution in [3.63, 3.8) is 0 Å². The summed E-state index contributed by atoms with van der Waals surface area (Å²) in [4.78, 5) is 2.41. The standard InChI is InChI=1S/C67H47NOSi/c1-67(2)61-27-11-8-23-55(61)56-38-35-50(43-62(56)67)68(48-33-30-45(31-34-48)54-26-15-17-44-16-6-7-22-53(44)54)49-36-39-63-60(42-49)57-37-32-47(41-64(57)69-63)46-18-14-21-52(40-46)70(51-19-4-3-5-20-51)65-28-12-9-24-58(65)59-25-10-13-29-66(59)70/h3-43H,1-2H3. The first-order chi connectivity index (χ1) is 34.4. The van der Waals surface area contributed by atoms with E-state index in [-0.39, 0.29) is 5.41 Å². The molecular weight excluding hydrogens is 863 g/mol. The van der Waals surface area contributed by atoms with Crippen molar-refractivity contribution < 1.29 is 4.42 Å². The molecule has 0 N–H and O–H groups in total. The molecule has 2 heterocycles. The zero-order valence-electron chi connectivity index (χ0n) is 39.0. The summed E-state index contributed by atoms with van der Waals surface area (Å²) in [7, 11) is -2.63. The lowest BCUT2D eigenvalue weighted by Crippen LogP contribution is -2.72. The molecule has 14 rings (SSSR count). The predicted molar refractivity (Wildman–Crippen MR) is 297 cm³/mol. The lowest BCUT2D eigenvalue weighted by molar-refractivity contribution is 0.660. The van der Waals surface area contributed by atoms with Crippen molar-refractivity contribution in [3.8, 4) is 44.5 Å². The smallest absolute Gasteiger partial charge is 0.180 e. The second-order valence-electron chi connectivity index (χ2n) is 19.6. The van der Waals surface area contributed by atoms with Crippen LogP contribution < -0.4 is 25.6 Å². The van der Waals surface area contributed by atoms with Gasteiger partial charge in [0.2, 0.25) is 0 Å². The van der Waals surface area contributed by atoms with Crippen LogP contribution in [0.4, 0.5) is 17.1 Å². The molecule has 0 amide bonds. The van der Waals surface area contributed by atoms with E-state index in [1.807, 2.05) is 0 Å². The van der Waals surface area contributed by atoms with Crippen LogP contribution in [0.1, 0.15) is 25.0 Å². The van der Waals surface area contributed by atoms with Gasteiger partial charge in [0, 0.05) is 33.2 Å². The first kappa shape index (κ1) is 40.6. The molecule has 0 saturated heterocycles. The lowest BCUT2D eigenvalue weighted by Gasteiger charge is -2.31. The van der Waals surface area contributed by atoms with Crippen LogP contribution in [0.25, 0.3) is 77.2 Å². The normalized spacial score (nSPS) is 13.8. The van der Waals surface area contributed by atoms with Crippen LogP contribution in [0.15, 0.2) is 253 Å². The maximum absolute atomic E-state index is 6.79. The van der Waals surface area contributed by atoms with Gasteiger partial charge in [-0.3, -0.25) is 0 Å². The number of benzene rings is 11. The minimum absolute atomic E-state index is 0.135. The summed E-state index contributed by atoms with van der Waals surface area (Å²) in [6, 6.07) is 92.4. The number of nitrogens with zero attached hydrogens (tertiary/aromatic N) is 1. The third-order valence-electron chi connectivity index (χ3n) is 15.6. The largest absolute Gasteiger partial charge is 0.456 e. The van der Waals surface area contributed by atoms with Crippen LogP contribution in [0.5, 0.6) is 0 Å². The van der Waals surface area contributed by atoms with Crippen LogP contribution in [0.3, 0.4) is 0 Å². The Bertz CT molecular complexity index is 4000. The Balaban J connectivity index is 0.885. The minimum atomic E-state index is -2.63. The molecule has 0 radical (unpaired) electrons. The zero-order chi connectivity index (χ0) is 46.6. The van der Waals surface area contributed by atoms with Crippen molar-refractivity contribution in [2.24, 2.45) is 0 Å². The molecule has 2 aliphatic rings. The number of hydrogen-bond donors (Lipinski definition) is 0. The monoisotopic (exact) mass is 909 g/mol. The number of fused-ring (bicyclic) bond motifs is 10. The van der Waals surface area contributed by atoms with E-state index in [9.17, 15) is 0 Å². The fourth-order valence-corrected chi connectivity index (χ4v) is 17.5. The van der Waals surface area contributed by atoms with Crippen LogP contribution in [-0.2, 0) is 5.41 Å². The van der Waals surface area contributed by atoms with Crippen LogP contribution in [0.2, 0.25) is 0 Å². The summed E-state index contributed by atoms with van der Waals surface area (Å²) in [6.45, 7) is 4.71. The summed E-state index contributed by atoms with van der Waals surface area (Å²) in [5, 5.41) is 10.4. The maximum Gasteiger partial charge on any atom is 0.180 e. The average Bonchev–Trinajstić information content (AvgIpc) is 4.02. The van der Waals surface area contributed by atoms with Crippen molar-refractivity contribution in [2.45, 2.75) is 19.3 Å². The Morgan fingerprint density at radius 3 is 1.74 bits per heavy atom. The molecule has 11 aromatic carbocycles. The molecule has 0 unspecified atom stereocenters. The van der Waals surface area contributed by atoms with Crippen molar-refractivity contribution in [2.75, 3.05) is 4.90 Å². The molecule has 1 aliphatic carbocycles. The molecule has 2 nitrogen and oxygen atoms in total. The quantitative estimate of drug-likeness (QED) is 0.148. The third kappa shape index (κ3) is 5.98. The highest BCUT2D eigenvalue weighted by atomic mass is 28.3. The Labute approximate surface area is 409 Å². The molecule has 0 fully saturated rings. The van der Waals surface area contributed by atoms with E-state index in [2.05, 4.69) is 267 Å². The summed E-state index contributed by atoms with van der Waals surface area (Å²) < 4.78 is 6.79. The number of anilines is 3. The highest BCUT2D eigenvalue weighted by Gasteiger charge is 2.48. The third-order valence-corrected chi connectivity index (χ3v) is 20.4. The van der Waals surface area contributed by atoms with Gasteiger partial charge in [-0.2, -0.15) is 0 Å². The van der Waals surface area contributed by atoms with Gasteiger partial charge >= 0.3 is 0 Å². The molecule has 3 heteroatoms.